The van der Waals surface area contributed by atoms with Crippen LogP contribution >= 0.6 is 0 Å². The van der Waals surface area contributed by atoms with Gasteiger partial charge in [-0.15, -0.1) is 0 Å². The first-order valence-corrected chi connectivity index (χ1v) is 8.72. The number of H-pyrrole nitrogens is 1. The Bertz CT molecular complexity index is 962. The summed E-state index contributed by atoms with van der Waals surface area (Å²) in [7, 11) is 1.48. The molecule has 0 atom stereocenters. The number of hydrogen-bond donors (Lipinski definition) is 2. The van der Waals surface area contributed by atoms with E-state index in [4.69, 9.17) is 9.47 Å². The van der Waals surface area contributed by atoms with Gasteiger partial charge in [-0.1, -0.05) is 29.8 Å². The van der Waals surface area contributed by atoms with Gasteiger partial charge in [-0.2, -0.15) is 0 Å². The standard InChI is InChI=1S/C21H22N2O4/c1-14-7-8-19(26-2)17(11-14)21(25)27-13-20(24)22-10-9-15-12-23-18-6-4-3-5-16(15)18/h3-8,11-12,23H,9-10,13H2,1-2H3,(H,22,24). The number of rotatable bonds is 7. The fraction of sp³-hybridized carbons (Fsp3) is 0.238. The summed E-state index contributed by atoms with van der Waals surface area (Å²) in [5.74, 6) is -0.498. The van der Waals surface area contributed by atoms with E-state index in [1.165, 1.54) is 7.11 Å². The highest BCUT2D eigenvalue weighted by Crippen LogP contribution is 2.20. The smallest absolute Gasteiger partial charge is 0.342 e. The molecule has 1 amide bonds. The van der Waals surface area contributed by atoms with Gasteiger partial charge in [0.05, 0.1) is 7.11 Å². The first-order chi connectivity index (χ1) is 13.1. The van der Waals surface area contributed by atoms with Crippen LogP contribution in [-0.4, -0.2) is 37.1 Å². The normalized spacial score (nSPS) is 10.6. The molecule has 0 aliphatic heterocycles. The SMILES string of the molecule is COc1ccc(C)cc1C(=O)OCC(=O)NCCc1c[nH]c2ccccc12. The Labute approximate surface area is 157 Å². The highest BCUT2D eigenvalue weighted by Gasteiger charge is 2.15. The van der Waals surface area contributed by atoms with Crippen molar-refractivity contribution in [2.45, 2.75) is 13.3 Å². The van der Waals surface area contributed by atoms with Crippen LogP contribution in [-0.2, 0) is 16.0 Å². The van der Waals surface area contributed by atoms with E-state index < -0.39 is 5.97 Å². The van der Waals surface area contributed by atoms with Crippen LogP contribution in [0.25, 0.3) is 10.9 Å². The van der Waals surface area contributed by atoms with E-state index in [-0.39, 0.29) is 12.5 Å². The second-order valence-corrected chi connectivity index (χ2v) is 6.24. The second kappa shape index (κ2) is 8.40. The first kappa shape index (κ1) is 18.5. The Morgan fingerprint density at radius 2 is 1.96 bits per heavy atom. The van der Waals surface area contributed by atoms with Crippen LogP contribution in [0.1, 0.15) is 21.5 Å². The third kappa shape index (κ3) is 4.47. The zero-order valence-electron chi connectivity index (χ0n) is 15.4. The molecule has 3 aromatic rings. The summed E-state index contributed by atoms with van der Waals surface area (Å²) in [5.41, 5.74) is 3.42. The largest absolute Gasteiger partial charge is 0.496 e. The monoisotopic (exact) mass is 366 g/mol. The van der Waals surface area contributed by atoms with Crippen molar-refractivity contribution in [3.05, 3.63) is 65.4 Å². The number of aromatic amines is 1. The van der Waals surface area contributed by atoms with Crippen molar-refractivity contribution in [2.24, 2.45) is 0 Å². The molecule has 0 saturated carbocycles. The zero-order chi connectivity index (χ0) is 19.2. The molecular weight excluding hydrogens is 344 g/mol. The van der Waals surface area contributed by atoms with Gasteiger partial charge in [-0.05, 0) is 37.1 Å². The van der Waals surface area contributed by atoms with Gasteiger partial charge in [0.15, 0.2) is 6.61 Å². The first-order valence-electron chi connectivity index (χ1n) is 8.72. The summed E-state index contributed by atoms with van der Waals surface area (Å²) in [5, 5.41) is 3.91. The lowest BCUT2D eigenvalue weighted by Crippen LogP contribution is -2.30. The third-order valence-electron chi connectivity index (χ3n) is 4.30. The lowest BCUT2D eigenvalue weighted by molar-refractivity contribution is -0.124. The van der Waals surface area contributed by atoms with Crippen molar-refractivity contribution in [3.8, 4) is 5.75 Å². The lowest BCUT2D eigenvalue weighted by atomic mass is 10.1. The van der Waals surface area contributed by atoms with Gasteiger partial charge in [0.2, 0.25) is 0 Å². The molecule has 0 radical (unpaired) electrons. The van der Waals surface area contributed by atoms with Crippen LogP contribution in [0.4, 0.5) is 0 Å². The summed E-state index contributed by atoms with van der Waals surface area (Å²) in [4.78, 5) is 27.4. The average molecular weight is 366 g/mol. The molecule has 3 rings (SSSR count). The molecule has 1 heterocycles. The number of nitrogens with one attached hydrogen (secondary N) is 2. The zero-order valence-corrected chi connectivity index (χ0v) is 15.4. The topological polar surface area (TPSA) is 80.4 Å². The predicted molar refractivity (Wildman–Crippen MR) is 103 cm³/mol. The number of carbonyl (C=O) groups excluding carboxylic acids is 2. The Morgan fingerprint density at radius 3 is 2.78 bits per heavy atom. The van der Waals surface area contributed by atoms with E-state index in [9.17, 15) is 9.59 Å². The van der Waals surface area contributed by atoms with E-state index in [0.29, 0.717) is 24.3 Å². The predicted octanol–water partition coefficient (Wildman–Crippen LogP) is 3.00. The number of esters is 1. The maximum atomic E-state index is 12.2. The van der Waals surface area contributed by atoms with Gasteiger partial charge in [0.25, 0.3) is 5.91 Å². The van der Waals surface area contributed by atoms with Crippen LogP contribution in [0.5, 0.6) is 5.75 Å². The molecule has 6 heteroatoms. The van der Waals surface area contributed by atoms with Gasteiger partial charge in [-0.25, -0.2) is 4.79 Å². The molecule has 0 fully saturated rings. The fourth-order valence-electron chi connectivity index (χ4n) is 2.92. The van der Waals surface area contributed by atoms with Gasteiger partial charge in [-0.3, -0.25) is 4.79 Å². The summed E-state index contributed by atoms with van der Waals surface area (Å²) < 4.78 is 10.3. The molecule has 140 valence electrons. The Morgan fingerprint density at radius 1 is 1.15 bits per heavy atom. The number of ether oxygens (including phenoxy) is 2. The Balaban J connectivity index is 1.48. The number of methoxy groups -OCH3 is 1. The third-order valence-corrected chi connectivity index (χ3v) is 4.30. The number of hydrogen-bond acceptors (Lipinski definition) is 4. The highest BCUT2D eigenvalue weighted by molar-refractivity contribution is 5.94. The van der Waals surface area contributed by atoms with Crippen LogP contribution in [0.2, 0.25) is 0 Å². The van der Waals surface area contributed by atoms with Crippen molar-refractivity contribution in [1.82, 2.24) is 10.3 Å². The van der Waals surface area contributed by atoms with E-state index in [0.717, 1.165) is 22.0 Å². The minimum atomic E-state index is -0.581. The molecule has 2 aromatic carbocycles. The average Bonchev–Trinajstić information content (AvgIpc) is 3.09. The number of aromatic nitrogens is 1. The Kier molecular flexibility index (Phi) is 5.76. The minimum absolute atomic E-state index is 0.309. The molecule has 0 unspecified atom stereocenters. The van der Waals surface area contributed by atoms with Crippen LogP contribution in [0.15, 0.2) is 48.7 Å². The minimum Gasteiger partial charge on any atom is -0.496 e. The van der Waals surface area contributed by atoms with Gasteiger partial charge in [0.1, 0.15) is 11.3 Å². The fourth-order valence-corrected chi connectivity index (χ4v) is 2.92. The summed E-state index contributed by atoms with van der Waals surface area (Å²) in [6.07, 6.45) is 2.64. The maximum absolute atomic E-state index is 12.2. The number of carbonyl (C=O) groups is 2. The number of fused-ring (bicyclic) bond motifs is 1. The number of amides is 1. The molecule has 0 spiro atoms. The van der Waals surface area contributed by atoms with Crippen molar-refractivity contribution in [1.29, 1.82) is 0 Å². The number of benzene rings is 2. The summed E-state index contributed by atoms with van der Waals surface area (Å²) in [6.45, 7) is 2.00. The number of para-hydroxylation sites is 1. The maximum Gasteiger partial charge on any atom is 0.342 e. The molecule has 2 N–H and O–H groups in total. The van der Waals surface area contributed by atoms with E-state index in [1.54, 1.807) is 12.1 Å². The van der Waals surface area contributed by atoms with Crippen LogP contribution in [0.3, 0.4) is 0 Å². The van der Waals surface area contributed by atoms with Crippen molar-refractivity contribution >= 4 is 22.8 Å². The van der Waals surface area contributed by atoms with Crippen LogP contribution < -0.4 is 10.1 Å². The van der Waals surface area contributed by atoms with Gasteiger partial charge >= 0.3 is 5.97 Å². The quantitative estimate of drug-likeness (QED) is 0.630. The van der Waals surface area contributed by atoms with Crippen molar-refractivity contribution in [3.63, 3.8) is 0 Å². The van der Waals surface area contributed by atoms with E-state index >= 15 is 0 Å². The van der Waals surface area contributed by atoms with Crippen molar-refractivity contribution < 1.29 is 19.1 Å². The van der Waals surface area contributed by atoms with Crippen LogP contribution in [0, 0.1) is 6.92 Å². The van der Waals surface area contributed by atoms with Gasteiger partial charge in [0, 0.05) is 23.6 Å². The van der Waals surface area contributed by atoms with Crippen molar-refractivity contribution in [2.75, 3.05) is 20.3 Å². The van der Waals surface area contributed by atoms with E-state index in [1.807, 2.05) is 43.5 Å². The molecular formula is C21H22N2O4. The second-order valence-electron chi connectivity index (χ2n) is 6.24. The molecule has 0 aliphatic carbocycles. The molecule has 0 saturated heterocycles. The molecule has 6 nitrogen and oxygen atoms in total. The lowest BCUT2D eigenvalue weighted by Gasteiger charge is -2.10. The molecule has 27 heavy (non-hydrogen) atoms. The summed E-state index contributed by atoms with van der Waals surface area (Å²) >= 11 is 0. The molecule has 0 aliphatic rings. The Hall–Kier alpha value is -3.28. The van der Waals surface area contributed by atoms with E-state index in [2.05, 4.69) is 10.3 Å². The molecule has 0 bridgehead atoms. The summed E-state index contributed by atoms with van der Waals surface area (Å²) in [6, 6.07) is 13.2. The number of aryl methyl sites for hydroxylation is 1. The molecule has 1 aromatic heterocycles. The highest BCUT2D eigenvalue weighted by atomic mass is 16.5. The van der Waals surface area contributed by atoms with Gasteiger partial charge < -0.3 is 19.8 Å².